The van der Waals surface area contributed by atoms with Crippen LogP contribution >= 0.6 is 11.8 Å². The maximum atomic E-state index is 10.3. The van der Waals surface area contributed by atoms with Crippen LogP contribution in [0.2, 0.25) is 0 Å². The fourth-order valence-corrected chi connectivity index (χ4v) is 1.77. The summed E-state index contributed by atoms with van der Waals surface area (Å²) >= 11 is 1.74. The molecule has 4 heteroatoms. The molecule has 3 N–H and O–H groups in total. The Morgan fingerprint density at radius 2 is 2.15 bits per heavy atom. The number of hydrogen-bond donors (Lipinski definition) is 2. The van der Waals surface area contributed by atoms with Crippen molar-refractivity contribution in [3.8, 4) is 0 Å². The minimum absolute atomic E-state index is 0.165. The first-order chi connectivity index (χ1) is 5.81. The maximum Gasteiger partial charge on any atom is 0.303 e. The number of rotatable bonds is 6. The maximum absolute atomic E-state index is 10.3. The number of nitrogens with two attached hydrogens (primary N) is 1. The summed E-state index contributed by atoms with van der Waals surface area (Å²) in [5.74, 6) is 0.146. The summed E-state index contributed by atoms with van der Waals surface area (Å²) in [5, 5.41) is 8.83. The Kier molecular flexibility index (Phi) is 5.40. The zero-order valence-corrected chi connectivity index (χ0v) is 9.36. The summed E-state index contributed by atoms with van der Waals surface area (Å²) < 4.78 is 0. The molecule has 1 atom stereocenters. The predicted octanol–water partition coefficient (Wildman–Crippen LogP) is 1.71. The van der Waals surface area contributed by atoms with Crippen molar-refractivity contribution < 1.29 is 9.90 Å². The van der Waals surface area contributed by atoms with Crippen molar-refractivity contribution in [1.29, 1.82) is 0 Å². The van der Waals surface area contributed by atoms with E-state index in [1.54, 1.807) is 11.8 Å². The van der Waals surface area contributed by atoms with Crippen LogP contribution in [0.3, 0.4) is 0 Å². The second kappa shape index (κ2) is 5.50. The molecule has 3 nitrogen and oxygen atoms in total. The van der Waals surface area contributed by atoms with Crippen LogP contribution < -0.4 is 5.73 Å². The molecule has 0 aromatic rings. The van der Waals surface area contributed by atoms with Gasteiger partial charge in [0.25, 0.3) is 0 Å². The molecule has 0 aliphatic heterocycles. The van der Waals surface area contributed by atoms with Gasteiger partial charge >= 0.3 is 5.97 Å². The van der Waals surface area contributed by atoms with Gasteiger partial charge in [-0.3, -0.25) is 4.79 Å². The van der Waals surface area contributed by atoms with Crippen molar-refractivity contribution in [1.82, 2.24) is 0 Å². The smallest absolute Gasteiger partial charge is 0.303 e. The van der Waals surface area contributed by atoms with E-state index in [2.05, 4.69) is 0 Å². The molecule has 0 aliphatic rings. The molecular weight excluding hydrogens is 186 g/mol. The van der Waals surface area contributed by atoms with Crippen molar-refractivity contribution >= 4 is 17.7 Å². The highest BCUT2D eigenvalue weighted by Crippen LogP contribution is 2.19. The molecule has 0 aromatic carbocycles. The third kappa shape index (κ3) is 9.70. The van der Waals surface area contributed by atoms with Gasteiger partial charge in [0.15, 0.2) is 0 Å². The van der Waals surface area contributed by atoms with E-state index < -0.39 is 5.97 Å². The van der Waals surface area contributed by atoms with Crippen molar-refractivity contribution in [3.05, 3.63) is 0 Å². The summed E-state index contributed by atoms with van der Waals surface area (Å²) in [6.07, 6.45) is 0.968. The average molecular weight is 205 g/mol. The van der Waals surface area contributed by atoms with E-state index in [4.69, 9.17) is 10.8 Å². The second-order valence-corrected chi connectivity index (χ2v) is 5.47. The van der Waals surface area contributed by atoms with Crippen LogP contribution in [-0.4, -0.2) is 27.6 Å². The highest BCUT2D eigenvalue weighted by Gasteiger charge is 2.13. The quantitative estimate of drug-likeness (QED) is 0.693. The first-order valence-electron chi connectivity index (χ1n) is 4.43. The van der Waals surface area contributed by atoms with Gasteiger partial charge in [-0.05, 0) is 20.3 Å². The van der Waals surface area contributed by atoms with Gasteiger partial charge in [0.05, 0.1) is 0 Å². The first-order valence-corrected chi connectivity index (χ1v) is 5.48. The molecule has 1 unspecified atom stereocenters. The van der Waals surface area contributed by atoms with E-state index >= 15 is 0 Å². The van der Waals surface area contributed by atoms with Crippen molar-refractivity contribution in [2.24, 2.45) is 5.73 Å². The molecule has 78 valence electrons. The topological polar surface area (TPSA) is 63.3 Å². The molecule has 13 heavy (non-hydrogen) atoms. The predicted molar refractivity (Wildman–Crippen MR) is 57.1 cm³/mol. The minimum atomic E-state index is -0.723. The van der Waals surface area contributed by atoms with Crippen molar-refractivity contribution in [3.63, 3.8) is 0 Å². The van der Waals surface area contributed by atoms with Gasteiger partial charge in [0.2, 0.25) is 0 Å². The molecule has 0 spiro atoms. The molecule has 0 radical (unpaired) electrons. The normalized spacial score (nSPS) is 14.2. The van der Waals surface area contributed by atoms with Crippen molar-refractivity contribution in [2.45, 2.75) is 44.4 Å². The molecule has 0 amide bonds. The summed E-state index contributed by atoms with van der Waals surface area (Å²) in [5.41, 5.74) is 5.64. The van der Waals surface area contributed by atoms with Crippen LogP contribution in [-0.2, 0) is 4.79 Å². The Hall–Kier alpha value is -0.220. The lowest BCUT2D eigenvalue weighted by atomic mass is 10.1. The summed E-state index contributed by atoms with van der Waals surface area (Å²) in [4.78, 5) is 10.3. The number of hydrogen-bond acceptors (Lipinski definition) is 3. The lowest BCUT2D eigenvalue weighted by molar-refractivity contribution is -0.137. The number of carboxylic acids is 1. The van der Waals surface area contributed by atoms with E-state index in [1.807, 2.05) is 20.8 Å². The van der Waals surface area contributed by atoms with Gasteiger partial charge in [-0.15, -0.1) is 0 Å². The number of thioether (sulfide) groups is 1. The van der Waals surface area contributed by atoms with Crippen LogP contribution in [0.1, 0.15) is 33.6 Å². The number of carboxylic acid groups (broad SMARTS) is 1. The van der Waals surface area contributed by atoms with Crippen LogP contribution in [0.5, 0.6) is 0 Å². The monoisotopic (exact) mass is 205 g/mol. The fourth-order valence-electron chi connectivity index (χ4n) is 0.767. The molecule has 0 heterocycles. The van der Waals surface area contributed by atoms with Crippen molar-refractivity contribution in [2.75, 3.05) is 5.75 Å². The average Bonchev–Trinajstić information content (AvgIpc) is 1.95. The Morgan fingerprint density at radius 1 is 1.62 bits per heavy atom. The van der Waals surface area contributed by atoms with Gasteiger partial charge in [-0.25, -0.2) is 0 Å². The van der Waals surface area contributed by atoms with E-state index in [0.29, 0.717) is 5.25 Å². The van der Waals surface area contributed by atoms with Gasteiger partial charge in [-0.1, -0.05) is 6.92 Å². The second-order valence-electron chi connectivity index (χ2n) is 4.04. The fraction of sp³-hybridized carbons (Fsp3) is 0.889. The minimum Gasteiger partial charge on any atom is -0.481 e. The molecule has 0 rings (SSSR count). The van der Waals surface area contributed by atoms with Crippen LogP contribution in [0.15, 0.2) is 0 Å². The largest absolute Gasteiger partial charge is 0.481 e. The summed E-state index contributed by atoms with van der Waals surface area (Å²) in [6, 6.07) is 0. The zero-order valence-electron chi connectivity index (χ0n) is 8.54. The first kappa shape index (κ1) is 12.8. The molecule has 0 saturated carbocycles. The highest BCUT2D eigenvalue weighted by atomic mass is 32.2. The Bertz CT molecular complexity index is 165. The standard InChI is InChI=1S/C9H19NO2S/c1-7(4-5-8(11)12)13-6-9(2,3)10/h7H,4-6,10H2,1-3H3,(H,11,12). The molecule has 0 bridgehead atoms. The highest BCUT2D eigenvalue weighted by molar-refractivity contribution is 7.99. The zero-order chi connectivity index (χ0) is 10.5. The molecule has 0 aliphatic carbocycles. The van der Waals surface area contributed by atoms with Gasteiger partial charge in [0.1, 0.15) is 0 Å². The lowest BCUT2D eigenvalue weighted by Gasteiger charge is -2.20. The Morgan fingerprint density at radius 3 is 2.54 bits per heavy atom. The summed E-state index contributed by atoms with van der Waals surface area (Å²) in [7, 11) is 0. The third-order valence-electron chi connectivity index (χ3n) is 1.50. The SMILES string of the molecule is CC(CCC(=O)O)SCC(C)(C)N. The van der Waals surface area contributed by atoms with Crippen LogP contribution in [0.4, 0.5) is 0 Å². The van der Waals surface area contributed by atoms with E-state index in [9.17, 15) is 4.79 Å². The number of carbonyl (C=O) groups is 1. The van der Waals surface area contributed by atoms with Crippen LogP contribution in [0.25, 0.3) is 0 Å². The van der Waals surface area contributed by atoms with E-state index in [1.165, 1.54) is 0 Å². The number of aliphatic carboxylic acids is 1. The van der Waals surface area contributed by atoms with Gasteiger partial charge in [-0.2, -0.15) is 11.8 Å². The van der Waals surface area contributed by atoms with Gasteiger partial charge < -0.3 is 10.8 Å². The molecular formula is C9H19NO2S. The van der Waals surface area contributed by atoms with Gasteiger partial charge in [0, 0.05) is 23.0 Å². The Labute approximate surface area is 84.1 Å². The van der Waals surface area contributed by atoms with Crippen LogP contribution in [0, 0.1) is 0 Å². The molecule has 0 saturated heterocycles. The Balaban J connectivity index is 3.52. The lowest BCUT2D eigenvalue weighted by Crippen LogP contribution is -2.35. The third-order valence-corrected chi connectivity index (χ3v) is 3.22. The summed E-state index contributed by atoms with van der Waals surface area (Å²) in [6.45, 7) is 5.99. The molecule has 0 fully saturated rings. The molecule has 0 aromatic heterocycles. The van der Waals surface area contributed by atoms with E-state index in [-0.39, 0.29) is 12.0 Å². The van der Waals surface area contributed by atoms with E-state index in [0.717, 1.165) is 12.2 Å².